The first-order chi connectivity index (χ1) is 15.9. The van der Waals surface area contributed by atoms with Crippen LogP contribution in [0, 0.1) is 17.2 Å². The van der Waals surface area contributed by atoms with Gasteiger partial charge in [-0.3, -0.25) is 14.5 Å². The molecule has 1 aliphatic rings. The molecule has 7 nitrogen and oxygen atoms in total. The van der Waals surface area contributed by atoms with E-state index >= 15 is 0 Å². The summed E-state index contributed by atoms with van der Waals surface area (Å²) in [6, 6.07) is 13.1. The Labute approximate surface area is 200 Å². The van der Waals surface area contributed by atoms with Gasteiger partial charge >= 0.3 is 0 Å². The van der Waals surface area contributed by atoms with Gasteiger partial charge in [0.15, 0.2) is 0 Å². The lowest BCUT2D eigenvalue weighted by Gasteiger charge is -2.43. The van der Waals surface area contributed by atoms with E-state index < -0.39 is 6.04 Å². The number of carbonyl (C=O) groups is 2. The monoisotopic (exact) mass is 467 g/mol. The van der Waals surface area contributed by atoms with Gasteiger partial charge < -0.3 is 16.0 Å². The van der Waals surface area contributed by atoms with Crippen molar-refractivity contribution in [2.45, 2.75) is 45.3 Å². The Morgan fingerprint density at radius 1 is 1.30 bits per heavy atom. The summed E-state index contributed by atoms with van der Waals surface area (Å²) < 4.78 is 0. The van der Waals surface area contributed by atoms with Gasteiger partial charge in [-0.15, -0.1) is 11.3 Å². The normalized spacial score (nSPS) is 18.4. The van der Waals surface area contributed by atoms with E-state index in [0.717, 1.165) is 25.1 Å². The van der Waals surface area contributed by atoms with Crippen LogP contribution in [0.25, 0.3) is 0 Å². The van der Waals surface area contributed by atoms with Gasteiger partial charge in [-0.2, -0.15) is 5.26 Å². The molecule has 0 aliphatic carbocycles. The predicted octanol–water partition coefficient (Wildman–Crippen LogP) is 2.83. The van der Waals surface area contributed by atoms with Gasteiger partial charge in [0.25, 0.3) is 5.91 Å². The minimum Gasteiger partial charge on any atom is -0.353 e. The summed E-state index contributed by atoms with van der Waals surface area (Å²) in [5.41, 5.74) is 7.37. The SMILES string of the molecule is CC(C)CN(Cc1ccc(C#N)cc1)C1CCN(C(=O)c2cccs2)[C@@H](C(=O)NCCN)C1. The first kappa shape index (κ1) is 24.9. The zero-order valence-electron chi connectivity index (χ0n) is 19.4. The second-order valence-electron chi connectivity index (χ2n) is 8.88. The molecule has 0 bridgehead atoms. The molecule has 3 N–H and O–H groups in total. The van der Waals surface area contributed by atoms with E-state index in [9.17, 15) is 9.59 Å². The van der Waals surface area contributed by atoms with E-state index in [1.807, 2.05) is 41.8 Å². The molecule has 1 fully saturated rings. The third kappa shape index (κ3) is 6.64. The molecular formula is C25H33N5O2S. The highest BCUT2D eigenvalue weighted by atomic mass is 32.1. The zero-order valence-corrected chi connectivity index (χ0v) is 20.2. The predicted molar refractivity (Wildman–Crippen MR) is 131 cm³/mol. The van der Waals surface area contributed by atoms with Crippen molar-refractivity contribution in [1.82, 2.24) is 15.1 Å². The van der Waals surface area contributed by atoms with Gasteiger partial charge in [0, 0.05) is 38.8 Å². The number of likely N-dealkylation sites (tertiary alicyclic amines) is 1. The number of benzene rings is 1. The van der Waals surface area contributed by atoms with Crippen LogP contribution in [0.4, 0.5) is 0 Å². The maximum Gasteiger partial charge on any atom is 0.264 e. The van der Waals surface area contributed by atoms with Crippen molar-refractivity contribution >= 4 is 23.2 Å². The number of nitrogens with one attached hydrogen (secondary N) is 1. The number of rotatable bonds is 9. The van der Waals surface area contributed by atoms with Crippen LogP contribution < -0.4 is 11.1 Å². The Balaban J connectivity index is 1.80. The first-order valence-corrected chi connectivity index (χ1v) is 12.4. The second kappa shape index (κ2) is 11.9. The minimum atomic E-state index is -0.527. The molecule has 2 heterocycles. The van der Waals surface area contributed by atoms with Crippen LogP contribution in [0.2, 0.25) is 0 Å². The summed E-state index contributed by atoms with van der Waals surface area (Å²) in [6.45, 7) is 7.29. The number of carbonyl (C=O) groups excluding carboxylic acids is 2. The molecule has 0 saturated carbocycles. The molecule has 0 spiro atoms. The molecular weight excluding hydrogens is 434 g/mol. The van der Waals surface area contributed by atoms with E-state index in [1.165, 1.54) is 11.3 Å². The van der Waals surface area contributed by atoms with E-state index in [4.69, 9.17) is 11.0 Å². The molecule has 1 unspecified atom stereocenters. The van der Waals surface area contributed by atoms with Crippen molar-refractivity contribution in [2.24, 2.45) is 11.7 Å². The number of nitrogens with two attached hydrogens (primary N) is 1. The van der Waals surface area contributed by atoms with Gasteiger partial charge in [-0.1, -0.05) is 32.0 Å². The van der Waals surface area contributed by atoms with Crippen molar-refractivity contribution in [3.63, 3.8) is 0 Å². The maximum absolute atomic E-state index is 13.1. The number of nitrogens with zero attached hydrogens (tertiary/aromatic N) is 3. The van der Waals surface area contributed by atoms with E-state index in [0.29, 0.717) is 42.4 Å². The molecule has 2 aromatic rings. The fraction of sp³-hybridized carbons (Fsp3) is 0.480. The van der Waals surface area contributed by atoms with Crippen molar-refractivity contribution < 1.29 is 9.59 Å². The molecule has 8 heteroatoms. The topological polar surface area (TPSA) is 102 Å². The lowest BCUT2D eigenvalue weighted by molar-refractivity contribution is -0.127. The van der Waals surface area contributed by atoms with E-state index in [-0.39, 0.29) is 17.9 Å². The molecule has 3 rings (SSSR count). The fourth-order valence-corrected chi connectivity index (χ4v) is 5.03. The van der Waals surface area contributed by atoms with Crippen LogP contribution in [0.3, 0.4) is 0 Å². The molecule has 0 radical (unpaired) electrons. The van der Waals surface area contributed by atoms with Crippen molar-refractivity contribution in [3.05, 3.63) is 57.8 Å². The second-order valence-corrected chi connectivity index (χ2v) is 9.83. The van der Waals surface area contributed by atoms with Crippen molar-refractivity contribution in [3.8, 4) is 6.07 Å². The lowest BCUT2D eigenvalue weighted by Crippen LogP contribution is -2.57. The summed E-state index contributed by atoms with van der Waals surface area (Å²) in [4.78, 5) is 31.0. The molecule has 176 valence electrons. The van der Waals surface area contributed by atoms with Crippen LogP contribution in [-0.2, 0) is 11.3 Å². The minimum absolute atomic E-state index is 0.0844. The Kier molecular flexibility index (Phi) is 9.01. The summed E-state index contributed by atoms with van der Waals surface area (Å²) in [6.07, 6.45) is 1.39. The standard InChI is InChI=1S/C25H33N5O2S/c1-18(2)16-29(17-20-7-5-19(15-27)6-8-20)21-9-12-30(25(32)23-4-3-13-33-23)22(14-21)24(31)28-11-10-26/h3-8,13,18,21-22H,9-12,14,16-17,26H2,1-2H3,(H,28,31)/t21?,22-/m1/s1. The number of hydrogen-bond donors (Lipinski definition) is 2. The van der Waals surface area contributed by atoms with Crippen LogP contribution in [0.15, 0.2) is 41.8 Å². The Morgan fingerprint density at radius 3 is 2.67 bits per heavy atom. The van der Waals surface area contributed by atoms with Gasteiger partial charge in [0.05, 0.1) is 16.5 Å². The van der Waals surface area contributed by atoms with Crippen LogP contribution in [0.5, 0.6) is 0 Å². The molecule has 1 aliphatic heterocycles. The van der Waals surface area contributed by atoms with Crippen LogP contribution in [-0.4, -0.2) is 59.9 Å². The van der Waals surface area contributed by atoms with Crippen molar-refractivity contribution in [2.75, 3.05) is 26.2 Å². The Hall–Kier alpha value is -2.73. The lowest BCUT2D eigenvalue weighted by atomic mass is 9.93. The highest BCUT2D eigenvalue weighted by Gasteiger charge is 2.38. The number of hydrogen-bond acceptors (Lipinski definition) is 6. The number of nitriles is 1. The number of piperidine rings is 1. The molecule has 1 aromatic heterocycles. The highest BCUT2D eigenvalue weighted by Crippen LogP contribution is 2.27. The third-order valence-electron chi connectivity index (χ3n) is 5.90. The third-order valence-corrected chi connectivity index (χ3v) is 6.76. The average molecular weight is 468 g/mol. The summed E-state index contributed by atoms with van der Waals surface area (Å²) in [5, 5.41) is 13.8. The smallest absolute Gasteiger partial charge is 0.264 e. The highest BCUT2D eigenvalue weighted by molar-refractivity contribution is 7.12. The number of thiophene rings is 1. The maximum atomic E-state index is 13.1. The molecule has 2 atom stereocenters. The summed E-state index contributed by atoms with van der Waals surface area (Å²) in [5.74, 6) is 0.232. The quantitative estimate of drug-likeness (QED) is 0.590. The molecule has 2 amide bonds. The Morgan fingerprint density at radius 2 is 2.06 bits per heavy atom. The first-order valence-electron chi connectivity index (χ1n) is 11.5. The average Bonchev–Trinajstić information content (AvgIpc) is 3.36. The van der Waals surface area contributed by atoms with Crippen LogP contribution >= 0.6 is 11.3 Å². The zero-order chi connectivity index (χ0) is 23.8. The largest absolute Gasteiger partial charge is 0.353 e. The van der Waals surface area contributed by atoms with Gasteiger partial charge in [0.2, 0.25) is 5.91 Å². The molecule has 1 saturated heterocycles. The summed E-state index contributed by atoms with van der Waals surface area (Å²) in [7, 11) is 0. The van der Waals surface area contributed by atoms with Crippen LogP contribution in [0.1, 0.15) is 47.5 Å². The van der Waals surface area contributed by atoms with Gasteiger partial charge in [-0.05, 0) is 47.9 Å². The molecule has 1 aromatic carbocycles. The van der Waals surface area contributed by atoms with Crippen molar-refractivity contribution in [1.29, 1.82) is 5.26 Å². The molecule has 33 heavy (non-hydrogen) atoms. The fourth-order valence-electron chi connectivity index (χ4n) is 4.36. The number of amides is 2. The Bertz CT molecular complexity index is 952. The van der Waals surface area contributed by atoms with Gasteiger partial charge in [-0.25, -0.2) is 0 Å². The van der Waals surface area contributed by atoms with E-state index in [2.05, 4.69) is 30.1 Å². The van der Waals surface area contributed by atoms with Gasteiger partial charge in [0.1, 0.15) is 6.04 Å². The summed E-state index contributed by atoms with van der Waals surface area (Å²) >= 11 is 1.40. The van der Waals surface area contributed by atoms with E-state index in [1.54, 1.807) is 4.90 Å².